The molecule has 2 atom stereocenters. The SMILES string of the molecule is [AsH2]C1COC2(CCCCC2)C1. The molecule has 1 spiro atoms. The van der Waals surface area contributed by atoms with E-state index in [1.54, 1.807) is 0 Å². The molecule has 1 heterocycles. The van der Waals surface area contributed by atoms with Gasteiger partial charge in [0.25, 0.3) is 0 Å². The number of ether oxygens (including phenoxy) is 1. The normalized spacial score (nSPS) is 36.3. The third-order valence-corrected chi connectivity index (χ3v) is 3.90. The Labute approximate surface area is 77.4 Å². The summed E-state index contributed by atoms with van der Waals surface area (Å²) in [4.78, 5) is 0. The van der Waals surface area contributed by atoms with Gasteiger partial charge in [-0.3, -0.25) is 0 Å². The maximum atomic E-state index is 5.91. The molecule has 1 nitrogen and oxygen atoms in total. The van der Waals surface area contributed by atoms with E-state index in [4.69, 9.17) is 4.74 Å². The summed E-state index contributed by atoms with van der Waals surface area (Å²) in [5, 5.41) is 0. The van der Waals surface area contributed by atoms with E-state index in [0.717, 1.165) is 11.3 Å². The van der Waals surface area contributed by atoms with Crippen molar-refractivity contribution in [1.82, 2.24) is 0 Å². The Morgan fingerprint density at radius 1 is 1.18 bits per heavy atom. The fourth-order valence-electron chi connectivity index (χ4n) is 2.42. The monoisotopic (exact) mass is 216 g/mol. The van der Waals surface area contributed by atoms with E-state index in [1.807, 2.05) is 16.9 Å². The van der Waals surface area contributed by atoms with Gasteiger partial charge >= 0.3 is 77.0 Å². The molecule has 1 aliphatic carbocycles. The molecule has 0 radical (unpaired) electrons. The summed E-state index contributed by atoms with van der Waals surface area (Å²) in [5.41, 5.74) is 0.361. The Bertz CT molecular complexity index is 135. The van der Waals surface area contributed by atoms with Crippen LogP contribution in [0.25, 0.3) is 0 Å². The molecule has 1 aliphatic heterocycles. The molecule has 0 aromatic carbocycles. The van der Waals surface area contributed by atoms with Gasteiger partial charge in [0.15, 0.2) is 0 Å². The van der Waals surface area contributed by atoms with E-state index in [0.29, 0.717) is 5.60 Å². The molecule has 2 fully saturated rings. The van der Waals surface area contributed by atoms with Crippen LogP contribution in [0.5, 0.6) is 0 Å². The Morgan fingerprint density at radius 2 is 1.91 bits per heavy atom. The fourth-order valence-corrected chi connectivity index (χ4v) is 3.53. The number of hydrogen-bond donors (Lipinski definition) is 0. The topological polar surface area (TPSA) is 9.23 Å². The summed E-state index contributed by atoms with van der Waals surface area (Å²) in [6.45, 7) is 1.04. The van der Waals surface area contributed by atoms with Gasteiger partial charge < -0.3 is 0 Å². The molecule has 1 saturated heterocycles. The molecule has 11 heavy (non-hydrogen) atoms. The summed E-state index contributed by atoms with van der Waals surface area (Å²) >= 11 is 1.87. The first-order valence-corrected chi connectivity index (χ1v) is 6.10. The van der Waals surface area contributed by atoms with Crippen LogP contribution in [0.15, 0.2) is 0 Å². The molecule has 0 bridgehead atoms. The van der Waals surface area contributed by atoms with E-state index in [9.17, 15) is 0 Å². The van der Waals surface area contributed by atoms with Crippen molar-refractivity contribution in [2.75, 3.05) is 6.61 Å². The molecular formula is C9H17AsO. The van der Waals surface area contributed by atoms with Crippen LogP contribution in [0.2, 0.25) is 4.71 Å². The zero-order valence-electron chi connectivity index (χ0n) is 7.01. The Balaban J connectivity index is 1.98. The van der Waals surface area contributed by atoms with Gasteiger partial charge in [0.05, 0.1) is 0 Å². The second-order valence-corrected chi connectivity index (χ2v) is 6.00. The van der Waals surface area contributed by atoms with Crippen LogP contribution in [0, 0.1) is 0 Å². The Kier molecular flexibility index (Phi) is 2.30. The standard InChI is InChI=1S/C9H17AsO/c10-8-6-9(11-7-8)4-2-1-3-5-9/h8H,1-7,10H2. The van der Waals surface area contributed by atoms with Crippen LogP contribution in [-0.2, 0) is 4.74 Å². The van der Waals surface area contributed by atoms with Crippen LogP contribution in [0.4, 0.5) is 0 Å². The first-order chi connectivity index (χ1) is 5.31. The summed E-state index contributed by atoms with van der Waals surface area (Å²) in [6, 6.07) is 0. The average molecular weight is 216 g/mol. The molecule has 1 saturated carbocycles. The van der Waals surface area contributed by atoms with Crippen molar-refractivity contribution in [1.29, 1.82) is 0 Å². The first kappa shape index (κ1) is 8.13. The van der Waals surface area contributed by atoms with Crippen molar-refractivity contribution >= 4 is 16.9 Å². The molecule has 2 aliphatic rings. The van der Waals surface area contributed by atoms with Gasteiger partial charge in [-0.05, 0) is 0 Å². The van der Waals surface area contributed by atoms with Crippen LogP contribution in [0.1, 0.15) is 38.5 Å². The predicted octanol–water partition coefficient (Wildman–Crippen LogP) is 1.53. The summed E-state index contributed by atoms with van der Waals surface area (Å²) in [5.74, 6) is 0. The molecule has 0 amide bonds. The quantitative estimate of drug-likeness (QED) is 0.558. The minimum atomic E-state index is 0.361. The molecular weight excluding hydrogens is 199 g/mol. The minimum absolute atomic E-state index is 0.361. The maximum absolute atomic E-state index is 5.91. The predicted molar refractivity (Wildman–Crippen MR) is 48.7 cm³/mol. The van der Waals surface area contributed by atoms with E-state index in [-0.39, 0.29) is 0 Å². The fraction of sp³-hybridized carbons (Fsp3) is 1.00. The van der Waals surface area contributed by atoms with Gasteiger partial charge in [-0.25, -0.2) is 0 Å². The second-order valence-electron chi connectivity index (χ2n) is 4.02. The van der Waals surface area contributed by atoms with Crippen molar-refractivity contribution < 1.29 is 4.74 Å². The van der Waals surface area contributed by atoms with Crippen molar-refractivity contribution in [2.24, 2.45) is 0 Å². The molecule has 2 unspecified atom stereocenters. The molecule has 2 heteroatoms. The van der Waals surface area contributed by atoms with Crippen LogP contribution in [0.3, 0.4) is 0 Å². The van der Waals surface area contributed by atoms with Gasteiger partial charge in [-0.1, -0.05) is 0 Å². The summed E-state index contributed by atoms with van der Waals surface area (Å²) < 4.78 is 6.78. The Hall–Kier alpha value is 0.518. The van der Waals surface area contributed by atoms with Crippen molar-refractivity contribution in [3.63, 3.8) is 0 Å². The van der Waals surface area contributed by atoms with E-state index >= 15 is 0 Å². The molecule has 0 N–H and O–H groups in total. The molecule has 64 valence electrons. The Morgan fingerprint density at radius 3 is 2.45 bits per heavy atom. The summed E-state index contributed by atoms with van der Waals surface area (Å²) in [7, 11) is 0. The zero-order chi connectivity index (χ0) is 7.73. The van der Waals surface area contributed by atoms with Gasteiger partial charge in [0, 0.05) is 0 Å². The third-order valence-electron chi connectivity index (χ3n) is 3.00. The number of rotatable bonds is 0. The van der Waals surface area contributed by atoms with Gasteiger partial charge in [0.1, 0.15) is 0 Å². The van der Waals surface area contributed by atoms with Crippen LogP contribution in [-0.4, -0.2) is 29.1 Å². The average Bonchev–Trinajstić information content (AvgIpc) is 2.34. The zero-order valence-corrected chi connectivity index (χ0v) is 9.44. The van der Waals surface area contributed by atoms with Crippen molar-refractivity contribution in [2.45, 2.75) is 48.8 Å². The van der Waals surface area contributed by atoms with Gasteiger partial charge in [-0.15, -0.1) is 0 Å². The molecule has 0 aromatic heterocycles. The van der Waals surface area contributed by atoms with Crippen molar-refractivity contribution in [3.05, 3.63) is 0 Å². The van der Waals surface area contributed by atoms with Gasteiger partial charge in [-0.2, -0.15) is 0 Å². The van der Waals surface area contributed by atoms with E-state index in [1.165, 1.54) is 38.5 Å². The summed E-state index contributed by atoms with van der Waals surface area (Å²) in [6.07, 6.45) is 8.28. The van der Waals surface area contributed by atoms with E-state index in [2.05, 4.69) is 0 Å². The second kappa shape index (κ2) is 3.11. The molecule has 0 aromatic rings. The van der Waals surface area contributed by atoms with Crippen molar-refractivity contribution in [3.8, 4) is 0 Å². The van der Waals surface area contributed by atoms with E-state index < -0.39 is 0 Å². The van der Waals surface area contributed by atoms with Crippen LogP contribution < -0.4 is 0 Å². The molecule has 2 rings (SSSR count). The number of hydrogen-bond acceptors (Lipinski definition) is 1. The van der Waals surface area contributed by atoms with Crippen LogP contribution >= 0.6 is 0 Å². The third kappa shape index (κ3) is 1.65. The first-order valence-electron chi connectivity index (χ1n) is 4.70. The van der Waals surface area contributed by atoms with Gasteiger partial charge in [0.2, 0.25) is 0 Å².